The number of rotatable bonds is 6. The molecule has 2 aliphatic rings. The van der Waals surface area contributed by atoms with Gasteiger partial charge in [-0.05, 0) is 24.6 Å². The highest BCUT2D eigenvalue weighted by molar-refractivity contribution is 7.91. The monoisotopic (exact) mass is 460 g/mol. The standard InChI is InChI=1S/C18H24N2O8S2/c1-19(15-5-10-29(23,24)13-15)17(21)12-28-18(22)14-3-2-4-16(11-14)30(25,26)20-6-8-27-9-7-20/h2-4,11,15H,5-10,12-13H2,1H3/t15-/m0/s1. The molecule has 1 amide bonds. The Balaban J connectivity index is 1.62. The van der Waals surface area contributed by atoms with Gasteiger partial charge in [0.25, 0.3) is 5.91 Å². The third kappa shape index (κ3) is 5.17. The number of hydrogen-bond acceptors (Lipinski definition) is 8. The second kappa shape index (κ2) is 9.00. The highest BCUT2D eigenvalue weighted by Gasteiger charge is 2.33. The van der Waals surface area contributed by atoms with Crippen molar-refractivity contribution < 1.29 is 35.9 Å². The lowest BCUT2D eigenvalue weighted by atomic mass is 10.2. The van der Waals surface area contributed by atoms with Crippen LogP contribution < -0.4 is 0 Å². The summed E-state index contributed by atoms with van der Waals surface area (Å²) in [6.45, 7) is 0.507. The highest BCUT2D eigenvalue weighted by Crippen LogP contribution is 2.19. The first kappa shape index (κ1) is 22.7. The quantitative estimate of drug-likeness (QED) is 0.521. The van der Waals surface area contributed by atoms with Gasteiger partial charge in [0.15, 0.2) is 16.4 Å². The van der Waals surface area contributed by atoms with Crippen LogP contribution in [0.25, 0.3) is 0 Å². The third-order valence-electron chi connectivity index (χ3n) is 5.15. The molecular formula is C18H24N2O8S2. The van der Waals surface area contributed by atoms with Crippen LogP contribution in [0.3, 0.4) is 0 Å². The SMILES string of the molecule is CN(C(=O)COC(=O)c1cccc(S(=O)(=O)N2CCOCC2)c1)[C@H]1CCS(=O)(=O)C1. The summed E-state index contributed by atoms with van der Waals surface area (Å²) in [7, 11) is -5.45. The number of sulfone groups is 1. The van der Waals surface area contributed by atoms with Crippen molar-refractivity contribution in [1.82, 2.24) is 9.21 Å². The number of esters is 1. The Morgan fingerprint density at radius 3 is 2.60 bits per heavy atom. The molecule has 0 unspecified atom stereocenters. The molecule has 3 rings (SSSR count). The van der Waals surface area contributed by atoms with Gasteiger partial charge in [-0.3, -0.25) is 4.79 Å². The maximum atomic E-state index is 12.7. The Hall–Kier alpha value is -2.02. The average Bonchev–Trinajstić information content (AvgIpc) is 3.11. The van der Waals surface area contributed by atoms with E-state index in [0.29, 0.717) is 19.6 Å². The van der Waals surface area contributed by atoms with Crippen LogP contribution in [-0.4, -0.2) is 95.4 Å². The average molecular weight is 461 g/mol. The van der Waals surface area contributed by atoms with Crippen molar-refractivity contribution in [2.45, 2.75) is 17.4 Å². The molecule has 1 aromatic rings. The van der Waals surface area contributed by atoms with Crippen LogP contribution in [0.15, 0.2) is 29.2 Å². The highest BCUT2D eigenvalue weighted by atomic mass is 32.2. The van der Waals surface area contributed by atoms with Gasteiger partial charge in [0, 0.05) is 26.2 Å². The van der Waals surface area contributed by atoms with Crippen LogP contribution in [0.4, 0.5) is 0 Å². The molecule has 12 heteroatoms. The fourth-order valence-corrected chi connectivity index (χ4v) is 6.55. The molecule has 0 aromatic heterocycles. The van der Waals surface area contributed by atoms with Crippen molar-refractivity contribution in [2.75, 3.05) is 51.5 Å². The molecule has 166 valence electrons. The van der Waals surface area contributed by atoms with Gasteiger partial charge in [-0.15, -0.1) is 0 Å². The summed E-state index contributed by atoms with van der Waals surface area (Å²) in [4.78, 5) is 25.8. The number of hydrogen-bond donors (Lipinski definition) is 0. The Labute approximate surface area is 175 Å². The molecule has 2 fully saturated rings. The van der Waals surface area contributed by atoms with Crippen LogP contribution in [-0.2, 0) is 34.1 Å². The minimum Gasteiger partial charge on any atom is -0.452 e. The predicted molar refractivity (Wildman–Crippen MR) is 106 cm³/mol. The van der Waals surface area contributed by atoms with E-state index in [-0.39, 0.29) is 35.1 Å². The topological polar surface area (TPSA) is 127 Å². The van der Waals surface area contributed by atoms with Crippen LogP contribution in [0.1, 0.15) is 16.8 Å². The molecule has 30 heavy (non-hydrogen) atoms. The number of sulfonamides is 1. The molecule has 10 nitrogen and oxygen atoms in total. The second-order valence-electron chi connectivity index (χ2n) is 7.18. The molecule has 2 heterocycles. The van der Waals surface area contributed by atoms with E-state index in [0.717, 1.165) is 0 Å². The van der Waals surface area contributed by atoms with E-state index < -0.39 is 44.4 Å². The van der Waals surface area contributed by atoms with E-state index in [9.17, 15) is 26.4 Å². The van der Waals surface area contributed by atoms with E-state index in [1.807, 2.05) is 0 Å². The molecule has 2 saturated heterocycles. The smallest absolute Gasteiger partial charge is 0.338 e. The van der Waals surface area contributed by atoms with Gasteiger partial charge in [0.05, 0.1) is 35.2 Å². The van der Waals surface area contributed by atoms with Gasteiger partial charge in [0.2, 0.25) is 10.0 Å². The summed E-state index contributed by atoms with van der Waals surface area (Å²) in [6.07, 6.45) is 0.347. The molecule has 2 aliphatic heterocycles. The van der Waals surface area contributed by atoms with Crippen molar-refractivity contribution >= 4 is 31.7 Å². The fraction of sp³-hybridized carbons (Fsp3) is 0.556. The molecule has 0 spiro atoms. The molecule has 1 aromatic carbocycles. The van der Waals surface area contributed by atoms with Crippen molar-refractivity contribution in [3.8, 4) is 0 Å². The minimum atomic E-state index is -3.77. The summed E-state index contributed by atoms with van der Waals surface area (Å²) < 4.78 is 60.1. The van der Waals surface area contributed by atoms with Gasteiger partial charge < -0.3 is 14.4 Å². The number of amides is 1. The van der Waals surface area contributed by atoms with Gasteiger partial charge in [-0.1, -0.05) is 6.07 Å². The van der Waals surface area contributed by atoms with Gasteiger partial charge in [-0.25, -0.2) is 21.6 Å². The molecule has 0 N–H and O–H groups in total. The van der Waals surface area contributed by atoms with E-state index in [4.69, 9.17) is 9.47 Å². The Morgan fingerprint density at radius 2 is 1.97 bits per heavy atom. The normalized spacial score (nSPS) is 21.8. The van der Waals surface area contributed by atoms with Crippen molar-refractivity contribution in [2.24, 2.45) is 0 Å². The van der Waals surface area contributed by atoms with Crippen LogP contribution >= 0.6 is 0 Å². The maximum absolute atomic E-state index is 12.7. The predicted octanol–water partition coefficient (Wildman–Crippen LogP) is -0.490. The summed E-state index contributed by atoms with van der Waals surface area (Å²) in [5.74, 6) is -1.44. The first-order valence-electron chi connectivity index (χ1n) is 9.41. The molecule has 0 bridgehead atoms. The number of benzene rings is 1. The zero-order valence-corrected chi connectivity index (χ0v) is 18.2. The Morgan fingerprint density at radius 1 is 1.27 bits per heavy atom. The molecular weight excluding hydrogens is 436 g/mol. The van der Waals surface area contributed by atoms with E-state index in [1.54, 1.807) is 0 Å². The number of ether oxygens (including phenoxy) is 2. The van der Waals surface area contributed by atoms with E-state index >= 15 is 0 Å². The number of morpholine rings is 1. The van der Waals surface area contributed by atoms with Crippen molar-refractivity contribution in [3.05, 3.63) is 29.8 Å². The zero-order valence-electron chi connectivity index (χ0n) is 16.5. The first-order chi connectivity index (χ1) is 14.1. The van der Waals surface area contributed by atoms with Gasteiger partial charge >= 0.3 is 5.97 Å². The zero-order chi connectivity index (χ0) is 21.9. The third-order valence-corrected chi connectivity index (χ3v) is 8.80. The molecule has 0 saturated carbocycles. The van der Waals surface area contributed by atoms with Gasteiger partial charge in [-0.2, -0.15) is 4.31 Å². The number of carbonyl (C=O) groups is 2. The van der Waals surface area contributed by atoms with Crippen molar-refractivity contribution in [1.29, 1.82) is 0 Å². The minimum absolute atomic E-state index is 0.00299. The van der Waals surface area contributed by atoms with Crippen molar-refractivity contribution in [3.63, 3.8) is 0 Å². The molecule has 0 aliphatic carbocycles. The van der Waals surface area contributed by atoms with Crippen LogP contribution in [0.2, 0.25) is 0 Å². The maximum Gasteiger partial charge on any atom is 0.338 e. The van der Waals surface area contributed by atoms with E-state index in [1.165, 1.54) is 40.5 Å². The summed E-state index contributed by atoms with van der Waals surface area (Å²) in [5, 5.41) is 0. The largest absolute Gasteiger partial charge is 0.452 e. The Bertz CT molecular complexity index is 1020. The molecule has 1 atom stereocenters. The fourth-order valence-electron chi connectivity index (χ4n) is 3.32. The number of likely N-dealkylation sites (N-methyl/N-ethyl adjacent to an activating group) is 1. The lowest BCUT2D eigenvalue weighted by Crippen LogP contribution is -2.40. The number of nitrogens with zero attached hydrogens (tertiary/aromatic N) is 2. The second-order valence-corrected chi connectivity index (χ2v) is 11.3. The summed E-state index contributed by atoms with van der Waals surface area (Å²) in [6, 6.07) is 4.99. The van der Waals surface area contributed by atoms with Crippen LogP contribution in [0.5, 0.6) is 0 Å². The Kier molecular flexibility index (Phi) is 6.80. The molecule has 0 radical (unpaired) electrons. The lowest BCUT2D eigenvalue weighted by molar-refractivity contribution is -0.134. The van der Waals surface area contributed by atoms with Crippen LogP contribution in [0, 0.1) is 0 Å². The van der Waals surface area contributed by atoms with Gasteiger partial charge in [0.1, 0.15) is 0 Å². The lowest BCUT2D eigenvalue weighted by Gasteiger charge is -2.26. The summed E-state index contributed by atoms with van der Waals surface area (Å²) >= 11 is 0. The van der Waals surface area contributed by atoms with E-state index in [2.05, 4.69) is 0 Å². The first-order valence-corrected chi connectivity index (χ1v) is 12.7. The number of carbonyl (C=O) groups excluding carboxylic acids is 2. The summed E-state index contributed by atoms with van der Waals surface area (Å²) in [5.41, 5.74) is 0.00299.